The number of hydrogen-bond donors (Lipinski definition) is 1. The fourth-order valence-corrected chi connectivity index (χ4v) is 8.47. The molecule has 2 aliphatic heterocycles. The topological polar surface area (TPSA) is 143 Å². The zero-order chi connectivity index (χ0) is 31.0. The molecule has 0 saturated carbocycles. The summed E-state index contributed by atoms with van der Waals surface area (Å²) in [6.45, 7) is 5.71. The van der Waals surface area contributed by atoms with Gasteiger partial charge in [-0.3, -0.25) is 0 Å². The smallest absolute Gasteiger partial charge is 0.398 e. The van der Waals surface area contributed by atoms with Crippen molar-refractivity contribution in [3.05, 3.63) is 0 Å². The van der Waals surface area contributed by atoms with Crippen molar-refractivity contribution in [1.82, 2.24) is 0 Å². The van der Waals surface area contributed by atoms with Crippen LogP contribution in [-0.2, 0) is 54.4 Å². The maximum Gasteiger partial charge on any atom is 0.500 e. The third-order valence-corrected chi connectivity index (χ3v) is 15.4. The van der Waals surface area contributed by atoms with E-state index in [1.807, 2.05) is 0 Å². The molecule has 13 nitrogen and oxygen atoms in total. The minimum absolute atomic E-state index is 0.0266. The molecule has 0 aliphatic carbocycles. The van der Waals surface area contributed by atoms with Crippen molar-refractivity contribution in [3.63, 3.8) is 0 Å². The summed E-state index contributed by atoms with van der Waals surface area (Å²) in [5.41, 5.74) is 5.41. The molecule has 0 bridgehead atoms. The van der Waals surface area contributed by atoms with Gasteiger partial charge in [0.1, 0.15) is 13.2 Å². The molecule has 2 atom stereocenters. The lowest BCUT2D eigenvalue weighted by molar-refractivity contribution is 0.0468. The predicted octanol–water partition coefficient (Wildman–Crippen LogP) is 3.13. The molecule has 0 amide bonds. The van der Waals surface area contributed by atoms with Crippen LogP contribution in [0.15, 0.2) is 0 Å². The summed E-state index contributed by atoms with van der Waals surface area (Å²) in [6.07, 6.45) is 6.46. The van der Waals surface area contributed by atoms with E-state index in [0.717, 1.165) is 70.2 Å². The molecular weight excluding hydrogens is 591 g/mol. The first kappa shape index (κ1) is 41.1. The molecule has 2 heterocycles. The van der Waals surface area contributed by atoms with Crippen LogP contribution in [-0.4, -0.2) is 129 Å². The summed E-state index contributed by atoms with van der Waals surface area (Å²) in [4.78, 5) is 0. The zero-order valence-electron chi connectivity index (χ0n) is 27.0. The summed E-state index contributed by atoms with van der Waals surface area (Å²) in [5, 5.41) is 0. The Morgan fingerprint density at radius 3 is 1.24 bits per heavy atom. The van der Waals surface area contributed by atoms with Crippen molar-refractivity contribution < 1.29 is 54.4 Å². The molecule has 2 rings (SSSR count). The lowest BCUT2D eigenvalue weighted by atomic mass is 10.2. The second-order valence-corrected chi connectivity index (χ2v) is 19.3. The van der Waals surface area contributed by atoms with Crippen LogP contribution in [0.25, 0.3) is 0 Å². The van der Waals surface area contributed by atoms with Gasteiger partial charge in [0.2, 0.25) is 0 Å². The number of unbranched alkanes of at least 4 members (excludes halogenated alkanes) is 3. The molecule has 2 N–H and O–H groups in total. The van der Waals surface area contributed by atoms with E-state index in [4.69, 9.17) is 60.1 Å². The Morgan fingerprint density at radius 2 is 0.902 bits per heavy atom. The van der Waals surface area contributed by atoms with Crippen LogP contribution in [0, 0.1) is 0 Å². The average Bonchev–Trinajstić information content (AvgIpc) is 3.95. The van der Waals surface area contributed by atoms with E-state index in [1.54, 1.807) is 56.9 Å². The Hall–Kier alpha value is 0.131. The lowest BCUT2D eigenvalue weighted by Crippen LogP contribution is -2.42. The van der Waals surface area contributed by atoms with Crippen LogP contribution in [0.5, 0.6) is 0 Å². The monoisotopic (exact) mass is 649 g/mol. The average molecular weight is 650 g/mol. The number of nitrogens with two attached hydrogens (primary N) is 1. The van der Waals surface area contributed by atoms with E-state index in [1.165, 1.54) is 12.8 Å². The molecule has 16 heteroatoms. The first-order valence-electron chi connectivity index (χ1n) is 14.3. The van der Waals surface area contributed by atoms with Gasteiger partial charge in [0, 0.05) is 82.2 Å². The van der Waals surface area contributed by atoms with Gasteiger partial charge < -0.3 is 60.1 Å². The third kappa shape index (κ3) is 19.9. The first-order valence-corrected chi connectivity index (χ1v) is 20.7. The van der Waals surface area contributed by atoms with Crippen molar-refractivity contribution in [3.8, 4) is 0 Å². The fourth-order valence-electron chi connectivity index (χ4n) is 3.62. The number of ether oxygens (including phenoxy) is 4. The summed E-state index contributed by atoms with van der Waals surface area (Å²) in [7, 11) is 6.65. The summed E-state index contributed by atoms with van der Waals surface area (Å²) in [5.74, 6) is 0. The van der Waals surface area contributed by atoms with Gasteiger partial charge in [-0.15, -0.1) is 0 Å². The molecule has 0 aromatic heterocycles. The molecule has 0 aromatic carbocycles. The lowest BCUT2D eigenvalue weighted by Gasteiger charge is -2.24. The molecular formula is C25H59NO12Si3. The van der Waals surface area contributed by atoms with Gasteiger partial charge in [-0.25, -0.2) is 0 Å². The summed E-state index contributed by atoms with van der Waals surface area (Å²) >= 11 is 0. The quantitative estimate of drug-likeness (QED) is 0.0930. The maximum absolute atomic E-state index is 5.41. The van der Waals surface area contributed by atoms with Crippen LogP contribution in [0.2, 0.25) is 24.7 Å². The normalized spacial score (nSPS) is 18.3. The molecule has 2 saturated heterocycles. The Bertz CT molecular complexity index is 578. The zero-order valence-corrected chi connectivity index (χ0v) is 30.0. The van der Waals surface area contributed by atoms with Crippen molar-refractivity contribution >= 4 is 26.2 Å². The summed E-state index contributed by atoms with van der Waals surface area (Å²) in [6, 6.07) is 2.62. The highest BCUT2D eigenvalue weighted by Crippen LogP contribution is 2.19. The maximum atomic E-state index is 5.41. The Labute approximate surface area is 251 Å². The van der Waals surface area contributed by atoms with Gasteiger partial charge in [0.05, 0.1) is 0 Å². The molecule has 2 fully saturated rings. The fraction of sp³-hybridized carbons (Fsp3) is 1.00. The highest BCUT2D eigenvalue weighted by atomic mass is 28.4. The van der Waals surface area contributed by atoms with E-state index >= 15 is 0 Å². The van der Waals surface area contributed by atoms with Crippen LogP contribution < -0.4 is 5.73 Å². The minimum Gasteiger partial charge on any atom is -0.398 e. The van der Waals surface area contributed by atoms with Gasteiger partial charge in [0.15, 0.2) is 12.6 Å². The van der Waals surface area contributed by atoms with E-state index in [2.05, 4.69) is 6.55 Å². The third-order valence-electron chi connectivity index (χ3n) is 6.78. The van der Waals surface area contributed by atoms with E-state index in [-0.39, 0.29) is 12.6 Å². The van der Waals surface area contributed by atoms with Gasteiger partial charge in [-0.05, 0) is 44.8 Å². The van der Waals surface area contributed by atoms with Gasteiger partial charge in [-0.2, -0.15) is 0 Å². The van der Waals surface area contributed by atoms with Crippen LogP contribution >= 0.6 is 0 Å². The largest absolute Gasteiger partial charge is 0.500 e. The molecule has 0 aromatic rings. The molecule has 2 unspecified atom stereocenters. The van der Waals surface area contributed by atoms with Gasteiger partial charge >= 0.3 is 26.2 Å². The van der Waals surface area contributed by atoms with Crippen molar-refractivity contribution in [2.45, 2.75) is 75.8 Å². The number of epoxide rings is 2. The minimum atomic E-state index is -2.39. The van der Waals surface area contributed by atoms with Crippen LogP contribution in [0.1, 0.15) is 38.5 Å². The van der Waals surface area contributed by atoms with E-state index in [0.29, 0.717) is 6.61 Å². The molecule has 248 valence electrons. The summed E-state index contributed by atoms with van der Waals surface area (Å²) < 4.78 is 62.9. The SMILES string of the molecule is CO[Si](C)(CCCOC1CO1)OC.CO[Si](CCCCCCN)(OC)OC.CO[Si](CCCOC1CO1)(OC)OC. The number of rotatable bonds is 24. The highest BCUT2D eigenvalue weighted by Gasteiger charge is 2.38. The van der Waals surface area contributed by atoms with Crippen molar-refractivity contribution in [2.75, 3.05) is 89.9 Å². The molecule has 2 aliphatic rings. The standard InChI is InChI=1S/C9H23NO3Si.C8H18O5Si.C8H18O4Si/c1-11-14(12-2,13-3)9-7-5-4-6-8-10;1-9-14(10-2,11-3)6-4-5-12-8-7-13-8;1-9-13(3,10-2)6-4-5-11-8-7-12-8/h4-10H2,1-3H3;8H,4-7H2,1-3H3;8H,4-7H2,1-3H3. The number of hydrogen-bond acceptors (Lipinski definition) is 13. The molecule has 0 spiro atoms. The Balaban J connectivity index is 0.000000586. The second kappa shape index (κ2) is 24.5. The van der Waals surface area contributed by atoms with E-state index < -0.39 is 26.2 Å². The van der Waals surface area contributed by atoms with Crippen LogP contribution in [0.3, 0.4) is 0 Å². The van der Waals surface area contributed by atoms with Gasteiger partial charge in [-0.1, -0.05) is 12.8 Å². The first-order chi connectivity index (χ1) is 19.7. The molecule has 0 radical (unpaired) electrons. The van der Waals surface area contributed by atoms with Gasteiger partial charge in [0.25, 0.3) is 0 Å². The Kier molecular flexibility index (Phi) is 24.5. The van der Waals surface area contributed by atoms with Crippen molar-refractivity contribution in [1.29, 1.82) is 0 Å². The Morgan fingerprint density at radius 1 is 0.537 bits per heavy atom. The second-order valence-electron chi connectivity index (χ2n) is 9.56. The predicted molar refractivity (Wildman–Crippen MR) is 162 cm³/mol. The van der Waals surface area contributed by atoms with E-state index in [9.17, 15) is 0 Å². The van der Waals surface area contributed by atoms with Crippen molar-refractivity contribution in [2.24, 2.45) is 5.73 Å². The van der Waals surface area contributed by atoms with Crippen LogP contribution in [0.4, 0.5) is 0 Å². The highest BCUT2D eigenvalue weighted by molar-refractivity contribution is 6.65. The molecule has 41 heavy (non-hydrogen) atoms.